The number of anilines is 1. The third-order valence-corrected chi connectivity index (χ3v) is 3.81. The number of halogens is 1. The number of hydrogen-bond acceptors (Lipinski definition) is 3. The molecule has 0 aliphatic rings. The molecule has 5 heteroatoms. The highest BCUT2D eigenvalue weighted by molar-refractivity contribution is 6.30. The number of nitrogens with one attached hydrogen (secondary N) is 1. The lowest BCUT2D eigenvalue weighted by atomic mass is 10.2. The van der Waals surface area contributed by atoms with Gasteiger partial charge >= 0.3 is 0 Å². The van der Waals surface area contributed by atoms with Gasteiger partial charge in [0.05, 0.1) is 0 Å². The lowest BCUT2D eigenvalue weighted by Crippen LogP contribution is -2.12. The second-order valence-electron chi connectivity index (χ2n) is 5.50. The van der Waals surface area contributed by atoms with E-state index in [-0.39, 0.29) is 5.91 Å². The van der Waals surface area contributed by atoms with Crippen molar-refractivity contribution in [3.63, 3.8) is 0 Å². The maximum atomic E-state index is 12.3. The monoisotopic (exact) mass is 367 g/mol. The van der Waals surface area contributed by atoms with E-state index in [4.69, 9.17) is 21.1 Å². The lowest BCUT2D eigenvalue weighted by Gasteiger charge is -2.10. The van der Waals surface area contributed by atoms with Crippen molar-refractivity contribution < 1.29 is 14.3 Å². The molecule has 0 radical (unpaired) electrons. The van der Waals surface area contributed by atoms with Crippen LogP contribution in [0.1, 0.15) is 10.4 Å². The fourth-order valence-corrected chi connectivity index (χ4v) is 2.43. The van der Waals surface area contributed by atoms with Crippen LogP contribution in [0.2, 0.25) is 5.02 Å². The van der Waals surface area contributed by atoms with E-state index in [9.17, 15) is 4.79 Å². The first-order chi connectivity index (χ1) is 12.7. The zero-order chi connectivity index (χ0) is 18.2. The molecule has 0 aliphatic carbocycles. The molecule has 0 atom stereocenters. The summed E-state index contributed by atoms with van der Waals surface area (Å²) in [5.74, 6) is 1.20. The number of rotatable bonds is 7. The van der Waals surface area contributed by atoms with E-state index < -0.39 is 0 Å². The topological polar surface area (TPSA) is 47.6 Å². The average molecular weight is 368 g/mol. The zero-order valence-electron chi connectivity index (χ0n) is 14.0. The first kappa shape index (κ1) is 17.8. The summed E-state index contributed by atoms with van der Waals surface area (Å²) in [6, 6.07) is 23.5. The molecule has 0 spiro atoms. The highest BCUT2D eigenvalue weighted by Crippen LogP contribution is 2.17. The van der Waals surface area contributed by atoms with E-state index in [1.165, 1.54) is 0 Å². The summed E-state index contributed by atoms with van der Waals surface area (Å²) in [5.41, 5.74) is 1.20. The van der Waals surface area contributed by atoms with Crippen LogP contribution >= 0.6 is 11.6 Å². The van der Waals surface area contributed by atoms with Crippen molar-refractivity contribution >= 4 is 23.2 Å². The number of carbonyl (C=O) groups excluding carboxylic acids is 1. The summed E-state index contributed by atoms with van der Waals surface area (Å²) in [6.07, 6.45) is 0. The molecule has 0 aliphatic heterocycles. The van der Waals surface area contributed by atoms with Crippen LogP contribution in [-0.4, -0.2) is 19.1 Å². The summed E-state index contributed by atoms with van der Waals surface area (Å²) in [5, 5.41) is 3.44. The summed E-state index contributed by atoms with van der Waals surface area (Å²) in [6.45, 7) is 0.808. The van der Waals surface area contributed by atoms with Gasteiger partial charge in [-0.25, -0.2) is 0 Å². The number of benzene rings is 3. The van der Waals surface area contributed by atoms with Crippen molar-refractivity contribution in [2.45, 2.75) is 0 Å². The molecule has 3 aromatic carbocycles. The van der Waals surface area contributed by atoms with E-state index in [1.807, 2.05) is 36.4 Å². The fourth-order valence-electron chi connectivity index (χ4n) is 2.30. The first-order valence-electron chi connectivity index (χ1n) is 8.18. The van der Waals surface area contributed by atoms with Gasteiger partial charge in [-0.2, -0.15) is 0 Å². The number of para-hydroxylation sites is 1. The van der Waals surface area contributed by atoms with Crippen LogP contribution in [0.3, 0.4) is 0 Å². The normalized spacial score (nSPS) is 10.2. The van der Waals surface area contributed by atoms with Crippen molar-refractivity contribution in [3.05, 3.63) is 89.4 Å². The Morgan fingerprint density at radius 1 is 0.808 bits per heavy atom. The highest BCUT2D eigenvalue weighted by Gasteiger charge is 2.07. The molecule has 0 unspecified atom stereocenters. The Morgan fingerprint density at radius 3 is 2.19 bits per heavy atom. The van der Waals surface area contributed by atoms with Crippen LogP contribution in [0.5, 0.6) is 11.5 Å². The van der Waals surface area contributed by atoms with Crippen LogP contribution in [-0.2, 0) is 0 Å². The zero-order valence-corrected chi connectivity index (χ0v) is 14.8. The van der Waals surface area contributed by atoms with Gasteiger partial charge in [0.15, 0.2) is 0 Å². The molecule has 3 rings (SSSR count). The maximum Gasteiger partial charge on any atom is 0.255 e. The van der Waals surface area contributed by atoms with E-state index in [0.717, 1.165) is 5.75 Å². The Labute approximate surface area is 157 Å². The molecule has 0 saturated carbocycles. The summed E-state index contributed by atoms with van der Waals surface area (Å²) in [7, 11) is 0. The largest absolute Gasteiger partial charge is 0.490 e. The third kappa shape index (κ3) is 5.26. The number of ether oxygens (including phenoxy) is 2. The van der Waals surface area contributed by atoms with E-state index in [2.05, 4.69) is 5.32 Å². The van der Waals surface area contributed by atoms with Crippen molar-refractivity contribution in [3.8, 4) is 11.5 Å². The minimum atomic E-state index is -0.210. The molecule has 1 N–H and O–H groups in total. The smallest absolute Gasteiger partial charge is 0.255 e. The van der Waals surface area contributed by atoms with Gasteiger partial charge in [0.25, 0.3) is 5.91 Å². The van der Waals surface area contributed by atoms with Gasteiger partial charge in [-0.05, 0) is 54.6 Å². The quantitative estimate of drug-likeness (QED) is 0.594. The van der Waals surface area contributed by atoms with E-state index >= 15 is 0 Å². The summed E-state index contributed by atoms with van der Waals surface area (Å²) < 4.78 is 11.2. The molecule has 0 bridgehead atoms. The lowest BCUT2D eigenvalue weighted by molar-refractivity contribution is 0.102. The van der Waals surface area contributed by atoms with E-state index in [1.54, 1.807) is 42.5 Å². The van der Waals surface area contributed by atoms with Gasteiger partial charge in [0.1, 0.15) is 24.7 Å². The molecule has 4 nitrogen and oxygen atoms in total. The third-order valence-electron chi connectivity index (χ3n) is 3.56. The van der Waals surface area contributed by atoms with Crippen LogP contribution in [0.25, 0.3) is 0 Å². The molecule has 0 fully saturated rings. The van der Waals surface area contributed by atoms with E-state index in [0.29, 0.717) is 35.2 Å². The summed E-state index contributed by atoms with van der Waals surface area (Å²) >= 11 is 5.85. The van der Waals surface area contributed by atoms with Crippen molar-refractivity contribution in [2.24, 2.45) is 0 Å². The van der Waals surface area contributed by atoms with Gasteiger partial charge in [-0.3, -0.25) is 4.79 Å². The first-order valence-corrected chi connectivity index (χ1v) is 8.56. The second kappa shape index (κ2) is 8.92. The van der Waals surface area contributed by atoms with Crippen LogP contribution in [0.15, 0.2) is 78.9 Å². The Balaban J connectivity index is 1.52. The molecule has 3 aromatic rings. The number of amides is 1. The SMILES string of the molecule is O=C(Nc1ccc(Cl)cc1)c1cccc(OCCOc2ccccc2)c1. The molecule has 132 valence electrons. The van der Waals surface area contributed by atoms with Crippen LogP contribution in [0, 0.1) is 0 Å². The molecule has 1 amide bonds. The average Bonchev–Trinajstić information content (AvgIpc) is 2.68. The highest BCUT2D eigenvalue weighted by atomic mass is 35.5. The Kier molecular flexibility index (Phi) is 6.12. The Bertz CT molecular complexity index is 851. The van der Waals surface area contributed by atoms with Crippen molar-refractivity contribution in [2.75, 3.05) is 18.5 Å². The maximum absolute atomic E-state index is 12.3. The molecular weight excluding hydrogens is 350 g/mol. The molecule has 0 aromatic heterocycles. The molecular formula is C21H18ClNO3. The molecule has 26 heavy (non-hydrogen) atoms. The standard InChI is InChI=1S/C21H18ClNO3/c22-17-9-11-18(12-10-17)23-21(24)16-5-4-8-20(15-16)26-14-13-25-19-6-2-1-3-7-19/h1-12,15H,13-14H2,(H,23,24). The van der Waals surface area contributed by atoms with Crippen LogP contribution in [0.4, 0.5) is 5.69 Å². The van der Waals surface area contributed by atoms with Gasteiger partial charge in [-0.15, -0.1) is 0 Å². The van der Waals surface area contributed by atoms with Crippen molar-refractivity contribution in [1.29, 1.82) is 0 Å². The molecule has 0 heterocycles. The molecule has 0 saturated heterocycles. The Hall–Kier alpha value is -2.98. The van der Waals surface area contributed by atoms with Gasteiger partial charge in [0, 0.05) is 16.3 Å². The van der Waals surface area contributed by atoms with Gasteiger partial charge in [0.2, 0.25) is 0 Å². The predicted molar refractivity (Wildman–Crippen MR) is 103 cm³/mol. The minimum absolute atomic E-state index is 0.210. The van der Waals surface area contributed by atoms with Gasteiger partial charge in [-0.1, -0.05) is 35.9 Å². The summed E-state index contributed by atoms with van der Waals surface area (Å²) in [4.78, 5) is 12.3. The fraction of sp³-hybridized carbons (Fsp3) is 0.0952. The second-order valence-corrected chi connectivity index (χ2v) is 5.94. The number of hydrogen-bond donors (Lipinski definition) is 1. The van der Waals surface area contributed by atoms with Crippen LogP contribution < -0.4 is 14.8 Å². The van der Waals surface area contributed by atoms with Crippen molar-refractivity contribution in [1.82, 2.24) is 0 Å². The number of carbonyl (C=O) groups is 1. The minimum Gasteiger partial charge on any atom is -0.490 e. The predicted octanol–water partition coefficient (Wildman–Crippen LogP) is 5.05. The Morgan fingerprint density at radius 2 is 1.46 bits per heavy atom. The van der Waals surface area contributed by atoms with Gasteiger partial charge < -0.3 is 14.8 Å².